The highest BCUT2D eigenvalue weighted by atomic mass is 32.2. The number of carbonyl (C=O) groups is 1. The molecule has 0 radical (unpaired) electrons. The SMILES string of the molecule is CSC(C)CNC(C)C1CCCN(C(=O)OC(C)(C)C)C1. The number of carbonyl (C=O) groups excluding carboxylic acids is 1. The van der Waals surface area contributed by atoms with Crippen LogP contribution in [0.2, 0.25) is 0 Å². The smallest absolute Gasteiger partial charge is 0.410 e. The molecular weight excluding hydrogens is 284 g/mol. The lowest BCUT2D eigenvalue weighted by Gasteiger charge is -2.37. The van der Waals surface area contributed by atoms with E-state index < -0.39 is 5.60 Å². The number of piperidine rings is 1. The van der Waals surface area contributed by atoms with E-state index in [2.05, 4.69) is 25.4 Å². The van der Waals surface area contributed by atoms with E-state index in [0.29, 0.717) is 17.2 Å². The number of ether oxygens (including phenoxy) is 1. The van der Waals surface area contributed by atoms with Crippen LogP contribution >= 0.6 is 11.8 Å². The molecule has 5 heteroatoms. The number of hydrogen-bond acceptors (Lipinski definition) is 4. The number of thioether (sulfide) groups is 1. The number of nitrogens with one attached hydrogen (secondary N) is 1. The summed E-state index contributed by atoms with van der Waals surface area (Å²) in [6, 6.07) is 0.435. The maximum absolute atomic E-state index is 12.2. The predicted octanol–water partition coefficient (Wildman–Crippen LogP) is 3.36. The molecule has 124 valence electrons. The van der Waals surface area contributed by atoms with Gasteiger partial charge >= 0.3 is 6.09 Å². The van der Waals surface area contributed by atoms with Gasteiger partial charge in [-0.1, -0.05) is 6.92 Å². The lowest BCUT2D eigenvalue weighted by atomic mass is 9.91. The Hall–Kier alpha value is -0.420. The van der Waals surface area contributed by atoms with Crippen molar-refractivity contribution in [1.29, 1.82) is 0 Å². The maximum atomic E-state index is 12.2. The van der Waals surface area contributed by atoms with Crippen LogP contribution < -0.4 is 5.32 Å². The first kappa shape index (κ1) is 18.6. The first-order valence-electron chi connectivity index (χ1n) is 7.97. The van der Waals surface area contributed by atoms with Crippen molar-refractivity contribution in [3.63, 3.8) is 0 Å². The molecule has 1 rings (SSSR count). The Labute approximate surface area is 134 Å². The zero-order valence-corrected chi connectivity index (χ0v) is 15.3. The molecule has 0 spiro atoms. The Morgan fingerprint density at radius 2 is 2.10 bits per heavy atom. The lowest BCUT2D eigenvalue weighted by molar-refractivity contribution is 0.0149. The monoisotopic (exact) mass is 316 g/mol. The van der Waals surface area contributed by atoms with Crippen LogP contribution in [0, 0.1) is 5.92 Å². The molecule has 1 amide bonds. The summed E-state index contributed by atoms with van der Waals surface area (Å²) in [5.41, 5.74) is -0.415. The Morgan fingerprint density at radius 1 is 1.43 bits per heavy atom. The first-order chi connectivity index (χ1) is 9.73. The van der Waals surface area contributed by atoms with E-state index in [1.165, 1.54) is 6.42 Å². The van der Waals surface area contributed by atoms with Crippen molar-refractivity contribution in [3.05, 3.63) is 0 Å². The summed E-state index contributed by atoms with van der Waals surface area (Å²) in [5, 5.41) is 4.23. The van der Waals surface area contributed by atoms with Crippen LogP contribution in [0.4, 0.5) is 4.79 Å². The van der Waals surface area contributed by atoms with E-state index >= 15 is 0 Å². The quantitative estimate of drug-likeness (QED) is 0.844. The highest BCUT2D eigenvalue weighted by Crippen LogP contribution is 2.22. The summed E-state index contributed by atoms with van der Waals surface area (Å²) in [7, 11) is 0. The third-order valence-electron chi connectivity index (χ3n) is 3.95. The molecule has 0 aromatic heterocycles. The van der Waals surface area contributed by atoms with Gasteiger partial charge in [-0.05, 0) is 52.7 Å². The van der Waals surface area contributed by atoms with Crippen LogP contribution in [0.1, 0.15) is 47.5 Å². The molecule has 4 nitrogen and oxygen atoms in total. The molecule has 1 N–H and O–H groups in total. The van der Waals surface area contributed by atoms with Gasteiger partial charge in [0.2, 0.25) is 0 Å². The average Bonchev–Trinajstić information content (AvgIpc) is 2.42. The second-order valence-electron chi connectivity index (χ2n) is 7.07. The van der Waals surface area contributed by atoms with E-state index in [1.807, 2.05) is 37.4 Å². The van der Waals surface area contributed by atoms with Crippen LogP contribution in [0.25, 0.3) is 0 Å². The summed E-state index contributed by atoms with van der Waals surface area (Å²) >= 11 is 1.88. The zero-order chi connectivity index (χ0) is 16.0. The van der Waals surface area contributed by atoms with Gasteiger partial charge in [0.05, 0.1) is 0 Å². The van der Waals surface area contributed by atoms with E-state index in [-0.39, 0.29) is 6.09 Å². The van der Waals surface area contributed by atoms with E-state index in [0.717, 1.165) is 26.1 Å². The van der Waals surface area contributed by atoms with Crippen molar-refractivity contribution >= 4 is 17.9 Å². The average molecular weight is 317 g/mol. The molecule has 1 fully saturated rings. The number of hydrogen-bond donors (Lipinski definition) is 1. The van der Waals surface area contributed by atoms with Gasteiger partial charge < -0.3 is 15.0 Å². The molecule has 0 aliphatic carbocycles. The third-order valence-corrected chi connectivity index (χ3v) is 4.92. The van der Waals surface area contributed by atoms with Gasteiger partial charge in [-0.25, -0.2) is 4.79 Å². The predicted molar refractivity (Wildman–Crippen MR) is 91.0 cm³/mol. The first-order valence-corrected chi connectivity index (χ1v) is 9.26. The molecule has 0 bridgehead atoms. The second kappa shape index (κ2) is 8.28. The molecule has 0 saturated carbocycles. The Kier molecular flexibility index (Phi) is 7.34. The van der Waals surface area contributed by atoms with Gasteiger partial charge in [-0.15, -0.1) is 0 Å². The molecule has 0 aromatic carbocycles. The molecule has 1 saturated heterocycles. The number of nitrogens with zero attached hydrogens (tertiary/aromatic N) is 1. The van der Waals surface area contributed by atoms with Crippen molar-refractivity contribution in [2.45, 2.75) is 64.4 Å². The van der Waals surface area contributed by atoms with Crippen molar-refractivity contribution in [2.75, 3.05) is 25.9 Å². The van der Waals surface area contributed by atoms with Crippen LogP contribution in [0.15, 0.2) is 0 Å². The molecule has 3 unspecified atom stereocenters. The van der Waals surface area contributed by atoms with Gasteiger partial charge in [0.25, 0.3) is 0 Å². The molecule has 0 aromatic rings. The molecule has 3 atom stereocenters. The van der Waals surface area contributed by atoms with Gasteiger partial charge in [0.1, 0.15) is 5.60 Å². The minimum atomic E-state index is -0.415. The summed E-state index contributed by atoms with van der Waals surface area (Å²) in [5.74, 6) is 0.514. The normalized spacial score (nSPS) is 22.8. The van der Waals surface area contributed by atoms with Gasteiger partial charge in [-0.2, -0.15) is 11.8 Å². The van der Waals surface area contributed by atoms with Crippen LogP contribution in [-0.4, -0.2) is 53.8 Å². The zero-order valence-electron chi connectivity index (χ0n) is 14.4. The fraction of sp³-hybridized carbons (Fsp3) is 0.938. The van der Waals surface area contributed by atoms with E-state index in [4.69, 9.17) is 4.74 Å². The summed E-state index contributed by atoms with van der Waals surface area (Å²) in [4.78, 5) is 14.0. The Balaban J connectivity index is 2.46. The maximum Gasteiger partial charge on any atom is 0.410 e. The fourth-order valence-electron chi connectivity index (χ4n) is 2.51. The topological polar surface area (TPSA) is 41.6 Å². The number of rotatable bonds is 5. The molecule has 1 aliphatic rings. The second-order valence-corrected chi connectivity index (χ2v) is 8.35. The largest absolute Gasteiger partial charge is 0.444 e. The Bertz CT molecular complexity index is 331. The van der Waals surface area contributed by atoms with Gasteiger partial charge in [0.15, 0.2) is 0 Å². The van der Waals surface area contributed by atoms with Crippen molar-refractivity contribution in [2.24, 2.45) is 5.92 Å². The fourth-order valence-corrected chi connectivity index (χ4v) is 2.78. The van der Waals surface area contributed by atoms with Crippen LogP contribution in [0.5, 0.6) is 0 Å². The standard InChI is InChI=1S/C16H32N2O2S/c1-12(21-6)10-17-13(2)14-8-7-9-18(11-14)15(19)20-16(3,4)5/h12-14,17H,7-11H2,1-6H3. The van der Waals surface area contributed by atoms with Gasteiger partial charge in [0, 0.05) is 30.9 Å². The lowest BCUT2D eigenvalue weighted by Crippen LogP contribution is -2.48. The molecule has 1 heterocycles. The highest BCUT2D eigenvalue weighted by molar-refractivity contribution is 7.99. The minimum Gasteiger partial charge on any atom is -0.444 e. The van der Waals surface area contributed by atoms with E-state index in [1.54, 1.807) is 0 Å². The Morgan fingerprint density at radius 3 is 2.67 bits per heavy atom. The molecular formula is C16H32N2O2S. The molecule has 1 aliphatic heterocycles. The summed E-state index contributed by atoms with van der Waals surface area (Å²) < 4.78 is 5.48. The van der Waals surface area contributed by atoms with Crippen molar-refractivity contribution in [1.82, 2.24) is 10.2 Å². The minimum absolute atomic E-state index is 0.170. The third kappa shape index (κ3) is 6.92. The summed E-state index contributed by atoms with van der Waals surface area (Å²) in [6.45, 7) is 12.9. The van der Waals surface area contributed by atoms with Crippen molar-refractivity contribution < 1.29 is 9.53 Å². The number of amides is 1. The van der Waals surface area contributed by atoms with E-state index in [9.17, 15) is 4.79 Å². The van der Waals surface area contributed by atoms with Crippen LogP contribution in [-0.2, 0) is 4.74 Å². The molecule has 21 heavy (non-hydrogen) atoms. The van der Waals surface area contributed by atoms with Gasteiger partial charge in [-0.3, -0.25) is 0 Å². The number of likely N-dealkylation sites (tertiary alicyclic amines) is 1. The summed E-state index contributed by atoms with van der Waals surface area (Å²) in [6.07, 6.45) is 4.22. The van der Waals surface area contributed by atoms with Crippen LogP contribution in [0.3, 0.4) is 0 Å². The van der Waals surface area contributed by atoms with Crippen molar-refractivity contribution in [3.8, 4) is 0 Å². The highest BCUT2D eigenvalue weighted by Gasteiger charge is 2.30.